The highest BCUT2D eigenvalue weighted by atomic mass is 16.2. The number of nitrogens with one attached hydrogen (secondary N) is 3. The molecule has 1 aromatic heterocycles. The molecule has 4 amide bonds. The molecule has 12 heteroatoms. The van der Waals surface area contributed by atoms with Crippen LogP contribution in [0, 0.1) is 5.92 Å². The summed E-state index contributed by atoms with van der Waals surface area (Å²) in [7, 11) is 1.61. The standard InChI is InChI=1S/C29H36N8O4/c1-4-17(2)25(36(3)24(38)15-23-30-12-13-31-23)28(40)34-21-9-8-18-6-5-7-19-14-22(37(26(18)19)29(21)41)27(39)32-16-20-10-11-33-35-20/h5-7,10,12-13,17,21-22,25H,4,8-9,11,14-16H2,1-3H3,(H,30,31)(H,32,39)(H,34,40)/t17-,21-,22-,25-/m0/s1. The smallest absolute Gasteiger partial charge is 0.250 e. The van der Waals surface area contributed by atoms with Crippen LogP contribution in [-0.4, -0.2) is 76.8 Å². The zero-order valence-corrected chi connectivity index (χ0v) is 23.6. The van der Waals surface area contributed by atoms with Gasteiger partial charge < -0.3 is 20.5 Å². The Bertz CT molecular complexity index is 1390. The van der Waals surface area contributed by atoms with Gasteiger partial charge in [0.15, 0.2) is 0 Å². The summed E-state index contributed by atoms with van der Waals surface area (Å²) in [4.78, 5) is 64.3. The van der Waals surface area contributed by atoms with E-state index in [2.05, 4.69) is 30.8 Å². The second kappa shape index (κ2) is 12.0. The Morgan fingerprint density at radius 3 is 2.76 bits per heavy atom. The van der Waals surface area contributed by atoms with Gasteiger partial charge in [0.1, 0.15) is 23.9 Å². The lowest BCUT2D eigenvalue weighted by Gasteiger charge is -2.33. The fourth-order valence-electron chi connectivity index (χ4n) is 5.81. The molecule has 4 heterocycles. The van der Waals surface area contributed by atoms with Crippen LogP contribution in [0.3, 0.4) is 0 Å². The van der Waals surface area contributed by atoms with Crippen molar-refractivity contribution in [1.82, 2.24) is 25.5 Å². The summed E-state index contributed by atoms with van der Waals surface area (Å²) in [6.07, 6.45) is 7.10. The molecule has 0 saturated heterocycles. The Morgan fingerprint density at radius 1 is 1.24 bits per heavy atom. The van der Waals surface area contributed by atoms with Gasteiger partial charge in [-0.2, -0.15) is 10.2 Å². The molecule has 2 aromatic rings. The molecule has 0 unspecified atom stereocenters. The number of rotatable bonds is 10. The first kappa shape index (κ1) is 28.2. The van der Waals surface area contributed by atoms with Gasteiger partial charge in [-0.05, 0) is 36.0 Å². The third-order valence-corrected chi connectivity index (χ3v) is 8.21. The van der Waals surface area contributed by atoms with Crippen LogP contribution in [0.2, 0.25) is 0 Å². The van der Waals surface area contributed by atoms with Crippen LogP contribution in [0.4, 0.5) is 5.69 Å². The number of carbonyl (C=O) groups is 4. The van der Waals surface area contributed by atoms with Crippen LogP contribution in [0.1, 0.15) is 43.6 Å². The van der Waals surface area contributed by atoms with Gasteiger partial charge in [-0.1, -0.05) is 38.5 Å². The number of anilines is 1. The van der Waals surface area contributed by atoms with Gasteiger partial charge in [0.2, 0.25) is 23.6 Å². The molecule has 4 atom stereocenters. The van der Waals surface area contributed by atoms with Crippen molar-refractivity contribution < 1.29 is 19.2 Å². The van der Waals surface area contributed by atoms with E-state index in [9.17, 15) is 19.2 Å². The summed E-state index contributed by atoms with van der Waals surface area (Å²) in [5, 5.41) is 13.8. The Kier molecular flexibility index (Phi) is 8.27. The largest absolute Gasteiger partial charge is 0.349 e. The van der Waals surface area contributed by atoms with Gasteiger partial charge in [0.25, 0.3) is 0 Å². The van der Waals surface area contributed by atoms with Crippen LogP contribution >= 0.6 is 0 Å². The number of hydrogen-bond acceptors (Lipinski definition) is 7. The maximum Gasteiger partial charge on any atom is 0.250 e. The predicted octanol–water partition coefficient (Wildman–Crippen LogP) is 1.68. The molecule has 12 nitrogen and oxygen atoms in total. The quantitative estimate of drug-likeness (QED) is 0.404. The number of hydrogen-bond donors (Lipinski definition) is 3. The number of carbonyl (C=O) groups excluding carboxylic acids is 4. The number of aromatic nitrogens is 2. The number of H-pyrrole nitrogens is 1. The third-order valence-electron chi connectivity index (χ3n) is 8.21. The topological polar surface area (TPSA) is 152 Å². The third kappa shape index (κ3) is 5.77. The lowest BCUT2D eigenvalue weighted by atomic mass is 9.95. The van der Waals surface area contributed by atoms with E-state index in [0.717, 1.165) is 16.8 Å². The van der Waals surface area contributed by atoms with Crippen LogP contribution in [0.5, 0.6) is 0 Å². The fourth-order valence-corrected chi connectivity index (χ4v) is 5.81. The van der Waals surface area contributed by atoms with Crippen molar-refractivity contribution in [3.05, 3.63) is 59.3 Å². The van der Waals surface area contributed by atoms with Crippen molar-refractivity contribution in [2.45, 2.75) is 64.1 Å². The van der Waals surface area contributed by atoms with Crippen molar-refractivity contribution in [3.63, 3.8) is 0 Å². The van der Waals surface area contributed by atoms with Gasteiger partial charge in [0.05, 0.1) is 30.9 Å². The highest BCUT2D eigenvalue weighted by Crippen LogP contribution is 2.39. The lowest BCUT2D eigenvalue weighted by Crippen LogP contribution is -2.58. The molecule has 5 rings (SSSR count). The highest BCUT2D eigenvalue weighted by Gasteiger charge is 2.44. The molecule has 0 bridgehead atoms. The molecule has 1 aromatic carbocycles. The number of imidazole rings is 1. The van der Waals surface area contributed by atoms with E-state index < -0.39 is 24.0 Å². The molecule has 216 valence electrons. The molecule has 41 heavy (non-hydrogen) atoms. The molecule has 3 aliphatic heterocycles. The van der Waals surface area contributed by atoms with E-state index in [1.165, 1.54) is 4.90 Å². The first-order chi connectivity index (χ1) is 19.8. The van der Waals surface area contributed by atoms with Crippen LogP contribution in [0.15, 0.2) is 52.6 Å². The molecule has 0 aliphatic carbocycles. The number of nitrogens with zero attached hydrogens (tertiary/aromatic N) is 5. The molecule has 0 radical (unpaired) electrons. The number of aromatic amines is 1. The number of azo groups is 1. The fraction of sp³-hybridized carbons (Fsp3) is 0.483. The molecule has 0 fully saturated rings. The Balaban J connectivity index is 1.34. The average Bonchev–Trinajstić information content (AvgIpc) is 3.73. The minimum absolute atomic E-state index is 0.0347. The van der Waals surface area contributed by atoms with E-state index in [0.29, 0.717) is 43.7 Å². The first-order valence-electron chi connectivity index (χ1n) is 14.1. The van der Waals surface area contributed by atoms with Crippen LogP contribution in [-0.2, 0) is 38.4 Å². The minimum Gasteiger partial charge on any atom is -0.349 e. The summed E-state index contributed by atoms with van der Waals surface area (Å²) in [5.74, 6) is -0.887. The SMILES string of the molecule is CC[C@H](C)[C@@H](C(=O)N[C@H]1CCc2cccc3c2N(C1=O)[C@H](C(=O)NCC1=CCN=N1)C3)N(C)C(=O)Cc1ncc[nH]1. The monoisotopic (exact) mass is 560 g/mol. The number of benzene rings is 1. The van der Waals surface area contributed by atoms with Gasteiger partial charge in [-0.25, -0.2) is 4.98 Å². The molecule has 3 N–H and O–H groups in total. The van der Waals surface area contributed by atoms with Gasteiger partial charge in [-0.3, -0.25) is 24.1 Å². The second-order valence-electron chi connectivity index (χ2n) is 10.8. The van der Waals surface area contributed by atoms with Crippen LogP contribution in [0.25, 0.3) is 0 Å². The first-order valence-corrected chi connectivity index (χ1v) is 14.1. The summed E-state index contributed by atoms with van der Waals surface area (Å²) < 4.78 is 0. The van der Waals surface area contributed by atoms with E-state index in [1.54, 1.807) is 24.3 Å². The number of aryl methyl sites for hydroxylation is 1. The number of amides is 4. The van der Waals surface area contributed by atoms with Crippen molar-refractivity contribution in [2.75, 3.05) is 25.0 Å². The van der Waals surface area contributed by atoms with Crippen molar-refractivity contribution >= 4 is 29.3 Å². The second-order valence-corrected chi connectivity index (χ2v) is 10.8. The van der Waals surface area contributed by atoms with Gasteiger partial charge in [-0.15, -0.1) is 0 Å². The molecule has 0 spiro atoms. The minimum atomic E-state index is -0.845. The Labute approximate surface area is 238 Å². The highest BCUT2D eigenvalue weighted by molar-refractivity contribution is 6.08. The Morgan fingerprint density at radius 2 is 2.05 bits per heavy atom. The van der Waals surface area contributed by atoms with E-state index in [1.807, 2.05) is 38.1 Å². The Hall–Kier alpha value is -4.35. The van der Waals surface area contributed by atoms with Gasteiger partial charge >= 0.3 is 0 Å². The van der Waals surface area contributed by atoms with Crippen LogP contribution < -0.4 is 15.5 Å². The normalized spacial score (nSPS) is 20.6. The number of para-hydroxylation sites is 1. The van der Waals surface area contributed by atoms with Crippen molar-refractivity contribution in [2.24, 2.45) is 16.1 Å². The maximum atomic E-state index is 14.1. The average molecular weight is 561 g/mol. The summed E-state index contributed by atoms with van der Waals surface area (Å²) >= 11 is 0. The van der Waals surface area contributed by atoms with Crippen molar-refractivity contribution in [3.8, 4) is 0 Å². The zero-order chi connectivity index (χ0) is 29.1. The number of likely N-dealkylation sites (N-methyl/N-ethyl adjacent to an activating group) is 1. The molecular weight excluding hydrogens is 524 g/mol. The summed E-state index contributed by atoms with van der Waals surface area (Å²) in [6.45, 7) is 4.61. The lowest BCUT2D eigenvalue weighted by molar-refractivity contribution is -0.141. The van der Waals surface area contributed by atoms with Crippen molar-refractivity contribution in [1.29, 1.82) is 0 Å². The predicted molar refractivity (Wildman–Crippen MR) is 151 cm³/mol. The summed E-state index contributed by atoms with van der Waals surface area (Å²) in [6, 6.07) is 3.50. The molecule has 0 saturated carbocycles. The maximum absolute atomic E-state index is 14.1. The zero-order valence-electron chi connectivity index (χ0n) is 23.6. The summed E-state index contributed by atoms with van der Waals surface area (Å²) in [5.41, 5.74) is 3.35. The van der Waals surface area contributed by atoms with Gasteiger partial charge in [0, 0.05) is 25.9 Å². The molecular formula is C29H36N8O4. The van der Waals surface area contributed by atoms with E-state index >= 15 is 0 Å². The van der Waals surface area contributed by atoms with E-state index in [-0.39, 0.29) is 36.6 Å². The molecule has 3 aliphatic rings. The van der Waals surface area contributed by atoms with E-state index in [4.69, 9.17) is 0 Å².